The van der Waals surface area contributed by atoms with Gasteiger partial charge in [-0.25, -0.2) is 4.79 Å². The Bertz CT molecular complexity index is 1040. The molecule has 0 aliphatic rings. The molecule has 3 rings (SSSR count). The van der Waals surface area contributed by atoms with Crippen LogP contribution in [-0.4, -0.2) is 19.7 Å². The number of methoxy groups -OCH3 is 1. The number of benzene rings is 3. The van der Waals surface area contributed by atoms with Crippen LogP contribution in [0.1, 0.15) is 11.1 Å². The van der Waals surface area contributed by atoms with Crippen LogP contribution in [0, 0.1) is 11.3 Å². The smallest absolute Gasteiger partial charge is 0.349 e. The predicted molar refractivity (Wildman–Crippen MR) is 110 cm³/mol. The summed E-state index contributed by atoms with van der Waals surface area (Å²) < 4.78 is 16.1. The molecular formula is C24H19NO4. The van der Waals surface area contributed by atoms with E-state index in [-0.39, 0.29) is 12.4 Å². The molecule has 0 aliphatic carbocycles. The second-order valence-electron chi connectivity index (χ2n) is 6.02. The van der Waals surface area contributed by atoms with Gasteiger partial charge in [-0.15, -0.1) is 0 Å². The van der Waals surface area contributed by atoms with E-state index in [1.165, 1.54) is 7.11 Å². The van der Waals surface area contributed by atoms with E-state index in [0.29, 0.717) is 17.1 Å². The van der Waals surface area contributed by atoms with Crippen LogP contribution in [0.4, 0.5) is 0 Å². The molecule has 0 N–H and O–H groups in total. The van der Waals surface area contributed by atoms with Gasteiger partial charge < -0.3 is 14.2 Å². The number of carbonyl (C=O) groups excluding carboxylic acids is 1. The molecule has 3 aromatic carbocycles. The zero-order valence-corrected chi connectivity index (χ0v) is 15.9. The number of carbonyl (C=O) groups is 1. The molecule has 5 heteroatoms. The maximum atomic E-state index is 12.1. The Kier molecular flexibility index (Phi) is 6.64. The number of nitriles is 1. The lowest BCUT2D eigenvalue weighted by Gasteiger charge is -2.11. The van der Waals surface area contributed by atoms with Gasteiger partial charge in [0, 0.05) is 0 Å². The first kappa shape index (κ1) is 19.7. The number of allylic oxidation sites excluding steroid dienone is 1. The summed E-state index contributed by atoms with van der Waals surface area (Å²) in [6.07, 6.45) is 1.75. The van der Waals surface area contributed by atoms with Crippen molar-refractivity contribution in [1.29, 1.82) is 5.26 Å². The number of hydrogen-bond donors (Lipinski definition) is 0. The molecule has 29 heavy (non-hydrogen) atoms. The fourth-order valence-corrected chi connectivity index (χ4v) is 2.63. The van der Waals surface area contributed by atoms with E-state index < -0.39 is 5.97 Å². The van der Waals surface area contributed by atoms with Crippen LogP contribution >= 0.6 is 0 Å². The van der Waals surface area contributed by atoms with Crippen LogP contribution in [-0.2, 0) is 4.79 Å². The van der Waals surface area contributed by atoms with Gasteiger partial charge in [-0.1, -0.05) is 54.6 Å². The van der Waals surface area contributed by atoms with Gasteiger partial charge in [0.2, 0.25) is 0 Å². The minimum Gasteiger partial charge on any atom is -0.493 e. The molecule has 0 fully saturated rings. The van der Waals surface area contributed by atoms with Gasteiger partial charge in [0.15, 0.2) is 18.1 Å². The van der Waals surface area contributed by atoms with E-state index >= 15 is 0 Å². The Morgan fingerprint density at radius 3 is 2.31 bits per heavy atom. The number of ether oxygens (including phenoxy) is 3. The predicted octanol–water partition coefficient (Wildman–Crippen LogP) is 4.74. The lowest BCUT2D eigenvalue weighted by molar-refractivity contribution is -0.136. The molecule has 0 aliphatic heterocycles. The highest BCUT2D eigenvalue weighted by Gasteiger charge is 2.12. The number of esters is 1. The van der Waals surface area contributed by atoms with Crippen LogP contribution in [0.5, 0.6) is 17.2 Å². The van der Waals surface area contributed by atoms with Crippen molar-refractivity contribution in [1.82, 2.24) is 0 Å². The monoisotopic (exact) mass is 385 g/mol. The van der Waals surface area contributed by atoms with E-state index in [2.05, 4.69) is 6.07 Å². The van der Waals surface area contributed by atoms with Gasteiger partial charge >= 0.3 is 5.97 Å². The maximum absolute atomic E-state index is 12.1. The highest BCUT2D eigenvalue weighted by molar-refractivity contribution is 5.89. The third-order valence-corrected chi connectivity index (χ3v) is 4.03. The first-order valence-electron chi connectivity index (χ1n) is 8.93. The van der Waals surface area contributed by atoms with Crippen molar-refractivity contribution in [3.63, 3.8) is 0 Å². The van der Waals surface area contributed by atoms with Gasteiger partial charge in [-0.2, -0.15) is 5.26 Å². The van der Waals surface area contributed by atoms with Crippen LogP contribution in [0.3, 0.4) is 0 Å². The third kappa shape index (κ3) is 5.47. The summed E-state index contributed by atoms with van der Waals surface area (Å²) in [5.41, 5.74) is 2.10. The molecule has 0 heterocycles. The minimum absolute atomic E-state index is 0.221. The van der Waals surface area contributed by atoms with Gasteiger partial charge in [0.05, 0.1) is 18.8 Å². The second kappa shape index (κ2) is 9.77. The van der Waals surface area contributed by atoms with Crippen molar-refractivity contribution >= 4 is 17.6 Å². The SMILES string of the molecule is COc1cc(/C=C(/C#N)c2ccccc2)ccc1OC(=O)COc1ccccc1. The van der Waals surface area contributed by atoms with E-state index in [0.717, 1.165) is 11.1 Å². The normalized spacial score (nSPS) is 10.7. The van der Waals surface area contributed by atoms with Gasteiger partial charge in [-0.3, -0.25) is 0 Å². The van der Waals surface area contributed by atoms with Crippen LogP contribution in [0.2, 0.25) is 0 Å². The Labute approximate surface area is 169 Å². The van der Waals surface area contributed by atoms with Crippen molar-refractivity contribution in [2.45, 2.75) is 0 Å². The zero-order valence-electron chi connectivity index (χ0n) is 15.9. The first-order valence-corrected chi connectivity index (χ1v) is 8.93. The first-order chi connectivity index (χ1) is 14.2. The molecule has 0 unspecified atom stereocenters. The number of rotatable bonds is 7. The molecule has 0 aromatic heterocycles. The van der Waals surface area contributed by atoms with Crippen molar-refractivity contribution < 1.29 is 19.0 Å². The molecule has 0 saturated carbocycles. The third-order valence-electron chi connectivity index (χ3n) is 4.03. The molecule has 0 atom stereocenters. The number of para-hydroxylation sites is 1. The topological polar surface area (TPSA) is 68.5 Å². The van der Waals surface area contributed by atoms with Crippen molar-refractivity contribution in [2.24, 2.45) is 0 Å². The summed E-state index contributed by atoms with van der Waals surface area (Å²) in [7, 11) is 1.49. The summed E-state index contributed by atoms with van der Waals surface area (Å²) >= 11 is 0. The largest absolute Gasteiger partial charge is 0.493 e. The molecule has 0 radical (unpaired) electrons. The molecule has 0 amide bonds. The summed E-state index contributed by atoms with van der Waals surface area (Å²) in [5, 5.41) is 9.46. The Hall–Kier alpha value is -4.04. The Morgan fingerprint density at radius 1 is 0.966 bits per heavy atom. The Balaban J connectivity index is 1.72. The van der Waals surface area contributed by atoms with Crippen molar-refractivity contribution in [3.05, 3.63) is 90.0 Å². The summed E-state index contributed by atoms with van der Waals surface area (Å²) in [4.78, 5) is 12.1. The van der Waals surface area contributed by atoms with Gasteiger partial charge in [0.25, 0.3) is 0 Å². The average molecular weight is 385 g/mol. The minimum atomic E-state index is -0.544. The van der Waals surface area contributed by atoms with Crippen LogP contribution in [0.15, 0.2) is 78.9 Å². The van der Waals surface area contributed by atoms with Crippen molar-refractivity contribution in [2.75, 3.05) is 13.7 Å². The molecule has 144 valence electrons. The standard InChI is InChI=1S/C24H19NO4/c1-27-23-15-18(14-20(16-25)19-8-4-2-5-9-19)12-13-22(23)29-24(26)17-28-21-10-6-3-7-11-21/h2-15H,17H2,1H3/b20-14-. The quantitative estimate of drug-likeness (QED) is 0.254. The molecular weight excluding hydrogens is 366 g/mol. The summed E-state index contributed by atoms with van der Waals surface area (Å²) in [6.45, 7) is -0.221. The fraction of sp³-hybridized carbons (Fsp3) is 0.0833. The summed E-state index contributed by atoms with van der Waals surface area (Å²) in [6, 6.07) is 25.7. The highest BCUT2D eigenvalue weighted by atomic mass is 16.6. The highest BCUT2D eigenvalue weighted by Crippen LogP contribution is 2.30. The fourth-order valence-electron chi connectivity index (χ4n) is 2.63. The number of hydrogen-bond acceptors (Lipinski definition) is 5. The molecule has 0 spiro atoms. The van der Waals surface area contributed by atoms with E-state index in [1.807, 2.05) is 48.5 Å². The van der Waals surface area contributed by atoms with Gasteiger partial charge in [-0.05, 0) is 41.5 Å². The summed E-state index contributed by atoms with van der Waals surface area (Å²) in [5.74, 6) is 0.709. The van der Waals surface area contributed by atoms with Crippen LogP contribution in [0.25, 0.3) is 11.6 Å². The van der Waals surface area contributed by atoms with Crippen LogP contribution < -0.4 is 14.2 Å². The molecule has 3 aromatic rings. The van der Waals surface area contributed by atoms with E-state index in [9.17, 15) is 10.1 Å². The second-order valence-corrected chi connectivity index (χ2v) is 6.02. The maximum Gasteiger partial charge on any atom is 0.349 e. The lowest BCUT2D eigenvalue weighted by atomic mass is 10.0. The molecule has 0 bridgehead atoms. The zero-order chi connectivity index (χ0) is 20.5. The van der Waals surface area contributed by atoms with Gasteiger partial charge in [0.1, 0.15) is 5.75 Å². The average Bonchev–Trinajstić information content (AvgIpc) is 2.78. The molecule has 0 saturated heterocycles. The number of nitrogens with zero attached hydrogens (tertiary/aromatic N) is 1. The lowest BCUT2D eigenvalue weighted by Crippen LogP contribution is -2.18. The Morgan fingerprint density at radius 2 is 1.66 bits per heavy atom. The van der Waals surface area contributed by atoms with E-state index in [4.69, 9.17) is 14.2 Å². The molecule has 5 nitrogen and oxygen atoms in total. The van der Waals surface area contributed by atoms with Crippen molar-refractivity contribution in [3.8, 4) is 23.3 Å². The van der Waals surface area contributed by atoms with E-state index in [1.54, 1.807) is 36.4 Å².